The van der Waals surface area contributed by atoms with Gasteiger partial charge in [0.05, 0.1) is 11.7 Å². The minimum Gasteiger partial charge on any atom is -0.422 e. The smallest absolute Gasteiger partial charge is 0.347 e. The van der Waals surface area contributed by atoms with E-state index < -0.39 is 5.63 Å². The number of hydrogen-bond acceptors (Lipinski definition) is 4. The lowest BCUT2D eigenvalue weighted by Crippen LogP contribution is -2.35. The van der Waals surface area contributed by atoms with Crippen molar-refractivity contribution in [3.05, 3.63) is 70.7 Å². The van der Waals surface area contributed by atoms with Gasteiger partial charge in [-0.15, -0.1) is 0 Å². The van der Waals surface area contributed by atoms with Crippen LogP contribution in [0.1, 0.15) is 18.9 Å². The van der Waals surface area contributed by atoms with Gasteiger partial charge in [0.1, 0.15) is 17.5 Å². The summed E-state index contributed by atoms with van der Waals surface area (Å²) in [6, 6.07) is 15.1. The van der Waals surface area contributed by atoms with Crippen molar-refractivity contribution in [1.82, 2.24) is 9.78 Å². The summed E-state index contributed by atoms with van der Waals surface area (Å²) < 4.78 is 6.96. The molecule has 0 aliphatic carbocycles. The molecule has 6 nitrogen and oxygen atoms in total. The molecule has 2 aromatic heterocycles. The standard InChI is InChI=1S/C22H21N3O3/c1-3-12-24(18-10-6-4-8-15(18)2)20(26)14-25-21-16-9-5-7-11-19(16)28-22(27)17(21)13-23-25/h4-11,13H,3,12,14H2,1-2H3. The molecule has 0 saturated heterocycles. The molecule has 28 heavy (non-hydrogen) atoms. The van der Waals surface area contributed by atoms with E-state index >= 15 is 0 Å². The molecule has 0 N–H and O–H groups in total. The van der Waals surface area contributed by atoms with E-state index in [0.717, 1.165) is 23.1 Å². The lowest BCUT2D eigenvalue weighted by molar-refractivity contribution is -0.119. The molecule has 0 aliphatic rings. The van der Waals surface area contributed by atoms with Crippen molar-refractivity contribution in [3.8, 4) is 0 Å². The number of hydrogen-bond donors (Lipinski definition) is 0. The van der Waals surface area contributed by atoms with Gasteiger partial charge in [-0.05, 0) is 37.1 Å². The van der Waals surface area contributed by atoms with Crippen LogP contribution in [0.2, 0.25) is 0 Å². The molecule has 1 amide bonds. The van der Waals surface area contributed by atoms with Crippen molar-refractivity contribution in [2.24, 2.45) is 0 Å². The Morgan fingerprint density at radius 1 is 1.11 bits per heavy atom. The Balaban J connectivity index is 1.78. The Bertz CT molecular complexity index is 1220. The molecular weight excluding hydrogens is 354 g/mol. The zero-order valence-electron chi connectivity index (χ0n) is 15.9. The number of carbonyl (C=O) groups excluding carboxylic acids is 1. The van der Waals surface area contributed by atoms with Crippen molar-refractivity contribution in [1.29, 1.82) is 0 Å². The highest BCUT2D eigenvalue weighted by molar-refractivity contribution is 6.03. The van der Waals surface area contributed by atoms with E-state index in [1.807, 2.05) is 56.3 Å². The maximum atomic E-state index is 13.2. The average molecular weight is 375 g/mol. The van der Waals surface area contributed by atoms with Gasteiger partial charge in [0, 0.05) is 17.6 Å². The number of aryl methyl sites for hydroxylation is 1. The first-order valence-electron chi connectivity index (χ1n) is 9.33. The van der Waals surface area contributed by atoms with Crippen LogP contribution in [-0.4, -0.2) is 22.2 Å². The van der Waals surface area contributed by atoms with Crippen molar-refractivity contribution in [3.63, 3.8) is 0 Å². The van der Waals surface area contributed by atoms with E-state index in [1.165, 1.54) is 6.20 Å². The second-order valence-electron chi connectivity index (χ2n) is 6.78. The summed E-state index contributed by atoms with van der Waals surface area (Å²) in [6.07, 6.45) is 2.31. The molecule has 0 saturated carbocycles. The molecule has 4 aromatic rings. The van der Waals surface area contributed by atoms with E-state index in [1.54, 1.807) is 15.6 Å². The van der Waals surface area contributed by atoms with Crippen LogP contribution < -0.4 is 10.5 Å². The molecule has 4 rings (SSSR count). The Kier molecular flexibility index (Phi) is 4.69. The number of para-hydroxylation sites is 2. The summed E-state index contributed by atoms with van der Waals surface area (Å²) in [4.78, 5) is 27.2. The Hall–Kier alpha value is -3.41. The molecule has 2 aromatic carbocycles. The van der Waals surface area contributed by atoms with Gasteiger partial charge in [0.15, 0.2) is 0 Å². The van der Waals surface area contributed by atoms with Crippen molar-refractivity contribution >= 4 is 33.5 Å². The summed E-state index contributed by atoms with van der Waals surface area (Å²) in [7, 11) is 0. The molecule has 0 spiro atoms. The fourth-order valence-corrected chi connectivity index (χ4v) is 3.53. The minimum atomic E-state index is -0.447. The fourth-order valence-electron chi connectivity index (χ4n) is 3.53. The van der Waals surface area contributed by atoms with Crippen LogP contribution in [-0.2, 0) is 11.3 Å². The van der Waals surface area contributed by atoms with Gasteiger partial charge in [-0.1, -0.05) is 37.3 Å². The number of anilines is 1. The highest BCUT2D eigenvalue weighted by Crippen LogP contribution is 2.24. The molecular formula is C22H21N3O3. The Morgan fingerprint density at radius 3 is 2.64 bits per heavy atom. The highest BCUT2D eigenvalue weighted by atomic mass is 16.4. The second kappa shape index (κ2) is 7.31. The van der Waals surface area contributed by atoms with Crippen LogP contribution in [0.3, 0.4) is 0 Å². The summed E-state index contributed by atoms with van der Waals surface area (Å²) in [5, 5.41) is 5.46. The number of benzene rings is 2. The molecule has 0 fully saturated rings. The molecule has 0 aliphatic heterocycles. The lowest BCUT2D eigenvalue weighted by atomic mass is 10.1. The number of carbonyl (C=O) groups is 1. The third-order valence-corrected chi connectivity index (χ3v) is 4.84. The maximum absolute atomic E-state index is 13.2. The molecule has 6 heteroatoms. The van der Waals surface area contributed by atoms with E-state index in [9.17, 15) is 9.59 Å². The van der Waals surface area contributed by atoms with Gasteiger partial charge in [-0.25, -0.2) is 4.79 Å². The average Bonchev–Trinajstić information content (AvgIpc) is 3.11. The third-order valence-electron chi connectivity index (χ3n) is 4.84. The monoisotopic (exact) mass is 375 g/mol. The molecule has 142 valence electrons. The Labute approximate surface area is 162 Å². The summed E-state index contributed by atoms with van der Waals surface area (Å²) in [6.45, 7) is 4.70. The predicted molar refractivity (Wildman–Crippen MR) is 110 cm³/mol. The number of fused-ring (bicyclic) bond motifs is 3. The number of nitrogens with zero attached hydrogens (tertiary/aromatic N) is 3. The van der Waals surface area contributed by atoms with Gasteiger partial charge in [-0.3, -0.25) is 9.48 Å². The molecule has 0 bridgehead atoms. The lowest BCUT2D eigenvalue weighted by Gasteiger charge is -2.24. The number of aromatic nitrogens is 2. The predicted octanol–water partition coefficient (Wildman–Crippen LogP) is 3.89. The third kappa shape index (κ3) is 3.07. The van der Waals surface area contributed by atoms with Gasteiger partial charge in [0.25, 0.3) is 0 Å². The van der Waals surface area contributed by atoms with E-state index in [2.05, 4.69) is 5.10 Å². The summed E-state index contributed by atoms with van der Waals surface area (Å²) in [5.74, 6) is -0.0709. The van der Waals surface area contributed by atoms with E-state index in [-0.39, 0.29) is 12.5 Å². The first kappa shape index (κ1) is 18.0. The number of amides is 1. The Morgan fingerprint density at radius 2 is 1.86 bits per heavy atom. The second-order valence-corrected chi connectivity index (χ2v) is 6.78. The normalized spacial score (nSPS) is 11.2. The van der Waals surface area contributed by atoms with Gasteiger partial charge < -0.3 is 9.32 Å². The first-order chi connectivity index (χ1) is 13.6. The van der Waals surface area contributed by atoms with E-state index in [0.29, 0.717) is 23.0 Å². The quantitative estimate of drug-likeness (QED) is 0.496. The molecule has 0 unspecified atom stereocenters. The SMILES string of the molecule is CCCN(C(=O)Cn1ncc2c(=O)oc3ccccc3c21)c1ccccc1C. The van der Waals surface area contributed by atoms with Gasteiger partial charge in [0.2, 0.25) is 5.91 Å². The van der Waals surface area contributed by atoms with E-state index in [4.69, 9.17) is 4.42 Å². The van der Waals surface area contributed by atoms with Crippen LogP contribution in [0.15, 0.2) is 63.9 Å². The fraction of sp³-hybridized carbons (Fsp3) is 0.227. The minimum absolute atomic E-state index is 0.0469. The number of rotatable bonds is 5. The zero-order chi connectivity index (χ0) is 19.7. The van der Waals surface area contributed by atoms with Crippen LogP contribution in [0.4, 0.5) is 5.69 Å². The largest absolute Gasteiger partial charge is 0.422 e. The molecule has 0 radical (unpaired) electrons. The summed E-state index contributed by atoms with van der Waals surface area (Å²) >= 11 is 0. The maximum Gasteiger partial charge on any atom is 0.347 e. The topological polar surface area (TPSA) is 68.3 Å². The zero-order valence-corrected chi connectivity index (χ0v) is 15.9. The molecule has 2 heterocycles. The van der Waals surface area contributed by atoms with Crippen molar-refractivity contribution < 1.29 is 9.21 Å². The first-order valence-corrected chi connectivity index (χ1v) is 9.33. The summed E-state index contributed by atoms with van der Waals surface area (Å²) in [5.41, 5.74) is 2.60. The van der Waals surface area contributed by atoms with Gasteiger partial charge >= 0.3 is 5.63 Å². The van der Waals surface area contributed by atoms with Gasteiger partial charge in [-0.2, -0.15) is 5.10 Å². The highest BCUT2D eigenvalue weighted by Gasteiger charge is 2.20. The van der Waals surface area contributed by atoms with Crippen LogP contribution in [0.25, 0.3) is 21.9 Å². The van der Waals surface area contributed by atoms with Crippen molar-refractivity contribution in [2.45, 2.75) is 26.8 Å². The van der Waals surface area contributed by atoms with Crippen molar-refractivity contribution in [2.75, 3.05) is 11.4 Å². The van der Waals surface area contributed by atoms with Crippen LogP contribution in [0, 0.1) is 6.92 Å². The molecule has 0 atom stereocenters. The van der Waals surface area contributed by atoms with Crippen LogP contribution in [0.5, 0.6) is 0 Å². The van der Waals surface area contributed by atoms with Crippen LogP contribution >= 0.6 is 0 Å².